The van der Waals surface area contributed by atoms with E-state index in [1.165, 1.54) is 32.7 Å². The summed E-state index contributed by atoms with van der Waals surface area (Å²) in [5.74, 6) is 1.61. The van der Waals surface area contributed by atoms with Crippen LogP contribution in [0.1, 0.15) is 72.5 Å². The number of carbonyl (C=O) groups is 1. The van der Waals surface area contributed by atoms with Crippen LogP contribution in [0, 0.1) is 0 Å². The van der Waals surface area contributed by atoms with E-state index in [1.54, 1.807) is 10.7 Å². The highest BCUT2D eigenvalue weighted by atomic mass is 79.9. The van der Waals surface area contributed by atoms with Crippen molar-refractivity contribution >= 4 is 82.2 Å². The highest BCUT2D eigenvalue weighted by Crippen LogP contribution is 2.30. The molecule has 0 atom stereocenters. The van der Waals surface area contributed by atoms with E-state index in [1.807, 2.05) is 91.3 Å². The summed E-state index contributed by atoms with van der Waals surface area (Å²) in [6, 6.07) is 56.9. The van der Waals surface area contributed by atoms with Crippen LogP contribution in [-0.2, 0) is 11.9 Å². The predicted octanol–water partition coefficient (Wildman–Crippen LogP) is 14.0. The summed E-state index contributed by atoms with van der Waals surface area (Å²) in [6.45, 7) is 9.09. The van der Waals surface area contributed by atoms with Crippen LogP contribution < -0.4 is 5.32 Å². The second-order valence-electron chi connectivity index (χ2n) is 15.7. The van der Waals surface area contributed by atoms with Gasteiger partial charge in [-0.2, -0.15) is 10.2 Å². The number of nitrogens with zero attached hydrogens (tertiary/aromatic N) is 6. The van der Waals surface area contributed by atoms with E-state index < -0.39 is 5.24 Å². The van der Waals surface area contributed by atoms with Crippen LogP contribution >= 0.6 is 27.5 Å². The van der Waals surface area contributed by atoms with Gasteiger partial charge in [-0.3, -0.25) is 4.79 Å². The summed E-state index contributed by atoms with van der Waals surface area (Å²) >= 11 is 9.15. The summed E-state index contributed by atoms with van der Waals surface area (Å²) < 4.78 is 3.59. The highest BCUT2D eigenvalue weighted by molar-refractivity contribution is 9.08. The van der Waals surface area contributed by atoms with Gasteiger partial charge in [0.2, 0.25) is 0 Å². The molecule has 0 aliphatic carbocycles. The lowest BCUT2D eigenvalue weighted by molar-refractivity contribution is 0.107. The molecule has 0 aliphatic rings. The molecule has 314 valence electrons. The molecule has 1 N–H and O–H groups in total. The molecule has 4 aromatic heterocycles. The summed E-state index contributed by atoms with van der Waals surface area (Å²) in [5, 5.41) is 18.1. The Balaban J connectivity index is 0.000000140. The van der Waals surface area contributed by atoms with E-state index in [2.05, 4.69) is 136 Å². The fourth-order valence-electron chi connectivity index (χ4n) is 7.53. The van der Waals surface area contributed by atoms with E-state index in [0.717, 1.165) is 56.0 Å². The minimum atomic E-state index is -0.492. The fourth-order valence-corrected chi connectivity index (χ4v) is 8.27. The molecule has 0 saturated heterocycles. The van der Waals surface area contributed by atoms with Gasteiger partial charge in [-0.05, 0) is 89.2 Å². The number of alkyl halides is 1. The topological polar surface area (TPSA) is 90.5 Å². The number of rotatable bonds is 9. The first kappa shape index (κ1) is 43.0. The number of fused-ring (bicyclic) bond motifs is 4. The molecule has 10 aromatic rings. The molecule has 0 bridgehead atoms. The highest BCUT2D eigenvalue weighted by Gasteiger charge is 2.17. The molecular formula is C53H47BrClN7O. The monoisotopic (exact) mass is 911 g/mol. The first-order valence-electron chi connectivity index (χ1n) is 21.0. The Morgan fingerprint density at radius 2 is 0.921 bits per heavy atom. The Hall–Kier alpha value is -6.68. The quantitative estimate of drug-likeness (QED) is 0.0881. The van der Waals surface area contributed by atoms with E-state index >= 15 is 0 Å². The van der Waals surface area contributed by atoms with E-state index in [9.17, 15) is 4.79 Å². The molecule has 0 saturated carbocycles. The number of hydrogen-bond donors (Lipinski definition) is 1. The average Bonchev–Trinajstić information content (AvgIpc) is 3.97. The molecule has 10 heteroatoms. The minimum Gasteiger partial charge on any atom is -0.366 e. The maximum absolute atomic E-state index is 11.4. The number of nitrogens with one attached hydrogen (secondary N) is 1. The summed E-state index contributed by atoms with van der Waals surface area (Å²) in [5.41, 5.74) is 11.0. The lowest BCUT2D eigenvalue weighted by Crippen LogP contribution is -2.07. The van der Waals surface area contributed by atoms with Gasteiger partial charge in [0.15, 0.2) is 0 Å². The molecule has 8 nitrogen and oxygen atoms in total. The summed E-state index contributed by atoms with van der Waals surface area (Å²) in [7, 11) is 0. The lowest BCUT2D eigenvalue weighted by Gasteiger charge is -2.14. The Bertz CT molecular complexity index is 3050. The smallest absolute Gasteiger partial charge is 0.270 e. The van der Waals surface area contributed by atoms with E-state index in [-0.39, 0.29) is 5.92 Å². The number of aromatic nitrogens is 6. The van der Waals surface area contributed by atoms with Crippen molar-refractivity contribution in [3.8, 4) is 11.4 Å². The molecule has 0 spiro atoms. The van der Waals surface area contributed by atoms with Gasteiger partial charge in [-0.15, -0.1) is 0 Å². The largest absolute Gasteiger partial charge is 0.366 e. The van der Waals surface area contributed by atoms with Crippen LogP contribution in [0.15, 0.2) is 170 Å². The first-order valence-corrected chi connectivity index (χ1v) is 22.5. The number of carbonyl (C=O) groups excluding carboxylic acids is 1. The van der Waals surface area contributed by atoms with Gasteiger partial charge in [0, 0.05) is 39.5 Å². The van der Waals surface area contributed by atoms with Gasteiger partial charge in [0.1, 0.15) is 11.5 Å². The summed E-state index contributed by atoms with van der Waals surface area (Å²) in [6.07, 6.45) is 0. The average molecular weight is 913 g/mol. The van der Waals surface area contributed by atoms with E-state index in [0.29, 0.717) is 18.2 Å². The number of halogens is 2. The molecule has 0 fully saturated rings. The SMILES string of the molecule is BrCc1c2ccccc2nc2ccccc12.CC(C)c1cc(C(=O)Cl)n(-c2ccccc2)n1.CC(C)c1cc(NCc2c3ccccc3nc3ccccc23)n(-c2ccccc2)n1. The molecular weight excluding hydrogens is 866 g/mol. The number of benzene rings is 6. The van der Waals surface area contributed by atoms with Crippen molar-refractivity contribution in [1.82, 2.24) is 29.5 Å². The van der Waals surface area contributed by atoms with E-state index in [4.69, 9.17) is 21.7 Å². The van der Waals surface area contributed by atoms with Gasteiger partial charge < -0.3 is 5.32 Å². The Labute approximate surface area is 380 Å². The molecule has 4 heterocycles. The Morgan fingerprint density at radius 1 is 0.540 bits per heavy atom. The van der Waals surface area contributed by atoms with Crippen LogP contribution in [0.25, 0.3) is 55.0 Å². The zero-order valence-corrected chi connectivity index (χ0v) is 37.9. The fraction of sp³-hybridized carbons (Fsp3) is 0.151. The standard InChI is InChI=1S/C26H24N4.C14H10BrN.C13H13ClN2O/c1-18(2)25-16-26(30(29-25)19-10-4-3-5-11-19)27-17-22-20-12-6-8-14-23(20)28-24-15-9-7-13-21(22)24;15-9-12-10-5-1-3-7-13(10)16-14-8-4-2-6-11(12)14;1-9(2)11-8-12(13(14)17)16(15-11)10-6-4-3-5-7-10/h3-16,18,27H,17H2,1-2H3;1-8H,9H2;3-9H,1-2H3. The molecule has 0 unspecified atom stereocenters. The van der Waals surface area contributed by atoms with Crippen LogP contribution in [0.4, 0.5) is 5.82 Å². The number of pyridine rings is 2. The van der Waals surface area contributed by atoms with Crippen molar-refractivity contribution in [3.05, 3.63) is 198 Å². The van der Waals surface area contributed by atoms with Crippen LogP contribution in [0.2, 0.25) is 0 Å². The Morgan fingerprint density at radius 3 is 1.35 bits per heavy atom. The van der Waals surface area contributed by atoms with Gasteiger partial charge >= 0.3 is 0 Å². The molecule has 6 aromatic carbocycles. The van der Waals surface area contributed by atoms with Crippen molar-refractivity contribution in [1.29, 1.82) is 0 Å². The molecule has 10 rings (SSSR count). The Kier molecular flexibility index (Phi) is 13.4. The predicted molar refractivity (Wildman–Crippen MR) is 264 cm³/mol. The summed E-state index contributed by atoms with van der Waals surface area (Å²) in [4.78, 5) is 20.9. The molecule has 0 amide bonds. The van der Waals surface area contributed by atoms with Gasteiger partial charge in [-0.1, -0.05) is 153 Å². The third-order valence-electron chi connectivity index (χ3n) is 10.8. The molecule has 0 radical (unpaired) electrons. The number of anilines is 1. The van der Waals surface area contributed by atoms with Gasteiger partial charge in [0.25, 0.3) is 5.24 Å². The number of para-hydroxylation sites is 6. The zero-order valence-electron chi connectivity index (χ0n) is 35.6. The van der Waals surface area contributed by atoms with Crippen molar-refractivity contribution < 1.29 is 4.79 Å². The third kappa shape index (κ3) is 9.55. The first-order chi connectivity index (χ1) is 30.7. The number of hydrogen-bond acceptors (Lipinski definition) is 6. The zero-order chi connectivity index (χ0) is 43.9. The second-order valence-corrected chi connectivity index (χ2v) is 16.6. The second kappa shape index (κ2) is 19.6. The normalized spacial score (nSPS) is 11.2. The van der Waals surface area contributed by atoms with Crippen LogP contribution in [-0.4, -0.2) is 34.8 Å². The molecule has 63 heavy (non-hydrogen) atoms. The third-order valence-corrected chi connectivity index (χ3v) is 11.6. The maximum atomic E-state index is 11.4. The van der Waals surface area contributed by atoms with Crippen LogP contribution in [0.3, 0.4) is 0 Å². The van der Waals surface area contributed by atoms with Crippen molar-refractivity contribution in [2.45, 2.75) is 51.4 Å². The van der Waals surface area contributed by atoms with Crippen molar-refractivity contribution in [2.24, 2.45) is 0 Å². The lowest BCUT2D eigenvalue weighted by atomic mass is 10.0. The molecule has 0 aliphatic heterocycles. The van der Waals surface area contributed by atoms with Crippen LogP contribution in [0.5, 0.6) is 0 Å². The van der Waals surface area contributed by atoms with Gasteiger partial charge in [-0.25, -0.2) is 19.3 Å². The van der Waals surface area contributed by atoms with Gasteiger partial charge in [0.05, 0.1) is 44.8 Å². The minimum absolute atomic E-state index is 0.259. The van der Waals surface area contributed by atoms with Crippen molar-refractivity contribution in [3.63, 3.8) is 0 Å². The maximum Gasteiger partial charge on any atom is 0.270 e. The van der Waals surface area contributed by atoms with Crippen molar-refractivity contribution in [2.75, 3.05) is 5.32 Å².